The van der Waals surface area contributed by atoms with Gasteiger partial charge in [0, 0.05) is 30.5 Å². The number of carbonyl (C=O) groups excluding carboxylic acids is 1. The van der Waals surface area contributed by atoms with Gasteiger partial charge < -0.3 is 9.30 Å². The highest BCUT2D eigenvalue weighted by Crippen LogP contribution is 2.31. The number of carbonyl (C=O) groups is 1. The van der Waals surface area contributed by atoms with Crippen LogP contribution in [0.4, 0.5) is 4.39 Å². The van der Waals surface area contributed by atoms with E-state index in [-0.39, 0.29) is 23.0 Å². The number of benzene rings is 2. The van der Waals surface area contributed by atoms with Crippen molar-refractivity contribution in [3.8, 4) is 0 Å². The number of rotatable bonds is 7. The molecule has 0 aliphatic carbocycles. The van der Waals surface area contributed by atoms with Crippen molar-refractivity contribution in [3.05, 3.63) is 106 Å². The molecule has 0 radical (unpaired) electrons. The van der Waals surface area contributed by atoms with Crippen molar-refractivity contribution >= 4 is 32.9 Å². The topological polar surface area (TPSA) is 58.9 Å². The minimum absolute atomic E-state index is 0.0313. The van der Waals surface area contributed by atoms with Gasteiger partial charge in [-0.2, -0.15) is 0 Å². The van der Waals surface area contributed by atoms with Crippen molar-refractivity contribution in [1.82, 2.24) is 9.30 Å². The summed E-state index contributed by atoms with van der Waals surface area (Å²) in [6.07, 6.45) is 1.78. The molecule has 0 aliphatic heterocycles. The van der Waals surface area contributed by atoms with Crippen LogP contribution in [0.25, 0.3) is 5.52 Å². The van der Waals surface area contributed by atoms with E-state index in [0.717, 1.165) is 5.56 Å². The molecule has 0 spiro atoms. The van der Waals surface area contributed by atoms with Crippen molar-refractivity contribution in [1.29, 1.82) is 0 Å². The molecule has 5 nitrogen and oxygen atoms in total. The molecule has 0 saturated heterocycles. The number of fused-ring (bicyclic) bond motifs is 1. The lowest BCUT2D eigenvalue weighted by atomic mass is 10.1. The lowest BCUT2D eigenvalue weighted by molar-refractivity contribution is -0.129. The van der Waals surface area contributed by atoms with Gasteiger partial charge in [-0.25, -0.2) is 12.8 Å². The second kappa shape index (κ2) is 9.60. The van der Waals surface area contributed by atoms with Gasteiger partial charge >= 0.3 is 0 Å². The van der Waals surface area contributed by atoms with E-state index < -0.39 is 15.7 Å². The fraction of sp³-hybridized carbons (Fsp3) is 0.192. The van der Waals surface area contributed by atoms with Crippen molar-refractivity contribution in [2.24, 2.45) is 0 Å². The SMILES string of the molecule is Cc1c(S(=O)(=O)Cc2cccc(F)c2)c2ccccn2c1CC(=O)N(C)Cc1cccc(Cl)c1. The minimum Gasteiger partial charge on any atom is -0.341 e. The van der Waals surface area contributed by atoms with Crippen molar-refractivity contribution < 1.29 is 17.6 Å². The summed E-state index contributed by atoms with van der Waals surface area (Å²) in [5, 5.41) is 0.597. The van der Waals surface area contributed by atoms with E-state index in [9.17, 15) is 17.6 Å². The summed E-state index contributed by atoms with van der Waals surface area (Å²) in [5.74, 6) is -0.969. The third-order valence-corrected chi connectivity index (χ3v) is 7.85. The zero-order valence-electron chi connectivity index (χ0n) is 18.8. The molecule has 0 saturated carbocycles. The number of pyridine rings is 1. The monoisotopic (exact) mass is 498 g/mol. The van der Waals surface area contributed by atoms with E-state index in [1.807, 2.05) is 12.1 Å². The largest absolute Gasteiger partial charge is 0.341 e. The van der Waals surface area contributed by atoms with Crippen LogP contribution in [0.5, 0.6) is 0 Å². The fourth-order valence-electron chi connectivity index (χ4n) is 4.17. The van der Waals surface area contributed by atoms with Crippen LogP contribution in [0, 0.1) is 12.7 Å². The average molecular weight is 499 g/mol. The molecule has 2 aromatic carbocycles. The summed E-state index contributed by atoms with van der Waals surface area (Å²) in [5.41, 5.74) is 2.90. The van der Waals surface area contributed by atoms with Crippen molar-refractivity contribution in [2.75, 3.05) is 7.05 Å². The Hall–Kier alpha value is -3.16. The molecule has 1 amide bonds. The maximum absolute atomic E-state index is 13.6. The smallest absolute Gasteiger partial charge is 0.228 e. The van der Waals surface area contributed by atoms with Gasteiger partial charge in [0.2, 0.25) is 5.91 Å². The van der Waals surface area contributed by atoms with Crippen LogP contribution in [0.2, 0.25) is 5.02 Å². The molecule has 2 heterocycles. The van der Waals surface area contributed by atoms with E-state index in [1.165, 1.54) is 18.2 Å². The maximum atomic E-state index is 13.6. The molecule has 0 aliphatic rings. The van der Waals surface area contributed by atoms with Gasteiger partial charge in [-0.1, -0.05) is 41.9 Å². The van der Waals surface area contributed by atoms with Crippen LogP contribution in [-0.4, -0.2) is 30.7 Å². The summed E-state index contributed by atoms with van der Waals surface area (Å²) < 4.78 is 42.2. The zero-order valence-corrected chi connectivity index (χ0v) is 20.4. The first kappa shape index (κ1) is 24.0. The first-order valence-corrected chi connectivity index (χ1v) is 12.7. The Labute approximate surface area is 203 Å². The highest BCUT2D eigenvalue weighted by Gasteiger charge is 2.27. The van der Waals surface area contributed by atoms with E-state index in [4.69, 9.17) is 11.6 Å². The Kier molecular flexibility index (Phi) is 6.77. The quantitative estimate of drug-likeness (QED) is 0.351. The van der Waals surface area contributed by atoms with Crippen LogP contribution in [-0.2, 0) is 33.4 Å². The van der Waals surface area contributed by atoms with Crippen LogP contribution < -0.4 is 0 Å². The minimum atomic E-state index is -3.80. The highest BCUT2D eigenvalue weighted by molar-refractivity contribution is 7.91. The van der Waals surface area contributed by atoms with Gasteiger partial charge in [0.25, 0.3) is 0 Å². The summed E-state index contributed by atoms with van der Waals surface area (Å²) in [4.78, 5) is 14.8. The molecule has 0 atom stereocenters. The Morgan fingerprint density at radius 3 is 2.50 bits per heavy atom. The molecule has 0 N–H and O–H groups in total. The van der Waals surface area contributed by atoms with Crippen LogP contribution in [0.1, 0.15) is 22.4 Å². The third kappa shape index (κ3) is 5.00. The number of aromatic nitrogens is 1. The van der Waals surface area contributed by atoms with Crippen LogP contribution in [0.15, 0.2) is 77.8 Å². The zero-order chi connectivity index (χ0) is 24.5. The molecule has 8 heteroatoms. The van der Waals surface area contributed by atoms with E-state index >= 15 is 0 Å². The summed E-state index contributed by atoms with van der Waals surface area (Å²) in [6, 6.07) is 18.1. The number of hydrogen-bond acceptors (Lipinski definition) is 3. The molecule has 0 fully saturated rings. The molecule has 0 unspecified atom stereocenters. The Bertz CT molecular complexity index is 1480. The Balaban J connectivity index is 1.67. The third-order valence-electron chi connectivity index (χ3n) is 5.77. The first-order valence-electron chi connectivity index (χ1n) is 10.7. The molecule has 4 rings (SSSR count). The number of likely N-dealkylation sites (N-methyl/N-ethyl adjacent to an activating group) is 1. The van der Waals surface area contributed by atoms with Gasteiger partial charge in [-0.05, 0) is 60.0 Å². The lowest BCUT2D eigenvalue weighted by Crippen LogP contribution is -2.28. The van der Waals surface area contributed by atoms with Gasteiger partial charge in [0.1, 0.15) is 5.82 Å². The summed E-state index contributed by atoms with van der Waals surface area (Å²) in [7, 11) is -2.10. The molecular formula is C26H24ClFN2O3S. The van der Waals surface area contributed by atoms with Gasteiger partial charge in [0.05, 0.1) is 22.6 Å². The average Bonchev–Trinajstić information content (AvgIpc) is 3.05. The Morgan fingerprint density at radius 2 is 1.76 bits per heavy atom. The summed E-state index contributed by atoms with van der Waals surface area (Å²) >= 11 is 6.05. The molecule has 0 bridgehead atoms. The number of halogens is 2. The molecule has 34 heavy (non-hydrogen) atoms. The standard InChI is InChI=1S/C26H24ClFN2O3S/c1-18-24(15-25(31)29(2)16-19-7-5-9-21(27)13-19)30-12-4-3-11-23(30)26(18)34(32,33)17-20-8-6-10-22(28)14-20/h3-14H,15-17H2,1-2H3. The number of hydrogen-bond donors (Lipinski definition) is 0. The van der Waals surface area contributed by atoms with Crippen molar-refractivity contribution in [2.45, 2.75) is 30.5 Å². The van der Waals surface area contributed by atoms with Gasteiger partial charge in [-0.3, -0.25) is 4.79 Å². The van der Waals surface area contributed by atoms with E-state index in [1.54, 1.807) is 65.9 Å². The normalized spacial score (nSPS) is 11.6. The summed E-state index contributed by atoms with van der Waals surface area (Å²) in [6.45, 7) is 2.09. The van der Waals surface area contributed by atoms with Gasteiger partial charge in [-0.15, -0.1) is 0 Å². The second-order valence-corrected chi connectivity index (χ2v) is 10.7. The Morgan fingerprint density at radius 1 is 1.03 bits per heavy atom. The number of nitrogens with zero attached hydrogens (tertiary/aromatic N) is 2. The van der Waals surface area contributed by atoms with E-state index in [0.29, 0.717) is 33.9 Å². The van der Waals surface area contributed by atoms with Crippen LogP contribution >= 0.6 is 11.6 Å². The fourth-order valence-corrected chi connectivity index (χ4v) is 6.22. The maximum Gasteiger partial charge on any atom is 0.228 e. The lowest BCUT2D eigenvalue weighted by Gasteiger charge is -2.18. The predicted molar refractivity (Wildman–Crippen MR) is 131 cm³/mol. The molecule has 4 aromatic rings. The number of amides is 1. The van der Waals surface area contributed by atoms with Crippen LogP contribution in [0.3, 0.4) is 0 Å². The molecular weight excluding hydrogens is 475 g/mol. The number of sulfone groups is 1. The molecule has 2 aromatic heterocycles. The van der Waals surface area contributed by atoms with Gasteiger partial charge in [0.15, 0.2) is 9.84 Å². The van der Waals surface area contributed by atoms with Crippen molar-refractivity contribution in [3.63, 3.8) is 0 Å². The highest BCUT2D eigenvalue weighted by atomic mass is 35.5. The predicted octanol–water partition coefficient (Wildman–Crippen LogP) is 5.22. The van der Waals surface area contributed by atoms with E-state index in [2.05, 4.69) is 0 Å². The second-order valence-electron chi connectivity index (χ2n) is 8.30. The molecule has 176 valence electrons. The first-order chi connectivity index (χ1) is 16.2.